The maximum atomic E-state index is 2.90. The molecule has 0 radical (unpaired) electrons. The normalized spacial score (nSPS) is 38.7. The fraction of sp³-hybridized carbons (Fsp3) is 0.812. The van der Waals surface area contributed by atoms with Crippen LogP contribution in [0, 0.1) is 35.0 Å². The third-order valence-corrected chi connectivity index (χ3v) is 33.1. The Morgan fingerprint density at radius 2 is 1.47 bits per heavy atom. The zero-order chi connectivity index (χ0) is 24.3. The van der Waals surface area contributed by atoms with E-state index in [9.17, 15) is 0 Å². The van der Waals surface area contributed by atoms with Gasteiger partial charge >= 0.3 is 0 Å². The van der Waals surface area contributed by atoms with Crippen molar-refractivity contribution in [2.75, 3.05) is 0 Å². The summed E-state index contributed by atoms with van der Waals surface area (Å²) in [6.45, 7) is 19.0. The van der Waals surface area contributed by atoms with Crippen LogP contribution >= 0.6 is 0 Å². The Morgan fingerprint density at radius 3 is 2.18 bits per heavy atom. The highest BCUT2D eigenvalue weighted by Gasteiger charge is 2.59. The molecule has 4 aliphatic carbocycles. The van der Waals surface area contributed by atoms with Crippen molar-refractivity contribution in [3.63, 3.8) is 0 Å². The van der Waals surface area contributed by atoms with E-state index in [1.165, 1.54) is 38.5 Å². The third kappa shape index (κ3) is 4.46. The summed E-state index contributed by atoms with van der Waals surface area (Å²) in [6.07, 6.45) is 15.4. The van der Waals surface area contributed by atoms with Crippen molar-refractivity contribution in [1.29, 1.82) is 0 Å². The molecule has 4 aliphatic rings. The van der Waals surface area contributed by atoms with Gasteiger partial charge in [0.05, 0.1) is 0 Å². The van der Waals surface area contributed by atoms with Crippen LogP contribution in [0.5, 0.6) is 0 Å². The minimum absolute atomic E-state index is 0.503. The molecule has 0 aromatic heterocycles. The number of hydrogen-bond donors (Lipinski definition) is 0. The molecule has 2 heteroatoms. The predicted molar refractivity (Wildman–Crippen MR) is 155 cm³/mol. The maximum Gasteiger partial charge on any atom is 0.0448 e. The highest BCUT2D eigenvalue weighted by atomic mass is 29.3. The van der Waals surface area contributed by atoms with Gasteiger partial charge in [0.25, 0.3) is 0 Å². The largest absolute Gasteiger partial charge is 0.0711 e. The van der Waals surface area contributed by atoms with E-state index in [4.69, 9.17) is 0 Å². The Kier molecular flexibility index (Phi) is 6.84. The van der Waals surface area contributed by atoms with Gasteiger partial charge in [-0.1, -0.05) is 116 Å². The second-order valence-corrected chi connectivity index (χ2v) is 31.8. The standard InChI is InChI=1S/C32H54Si2/c1-32(2,3)22-23-16-17-26(20-23)33(4,5)34(6,7)30-19-18-28-29(30)21-25-14-11-15-27(25)31(28)24-12-9-8-10-13-24/h8-10,12-13,23,25-31H,11,14-22H2,1-7H3. The maximum absolute atomic E-state index is 2.90. The Balaban J connectivity index is 1.37. The first-order valence-electron chi connectivity index (χ1n) is 15.0. The number of rotatable bonds is 5. The van der Waals surface area contributed by atoms with Crippen LogP contribution in [0.1, 0.15) is 96.5 Å². The number of benzene rings is 1. The van der Waals surface area contributed by atoms with Gasteiger partial charge in [-0.25, -0.2) is 0 Å². The van der Waals surface area contributed by atoms with Crippen molar-refractivity contribution >= 4 is 15.2 Å². The van der Waals surface area contributed by atoms with Crippen LogP contribution in [0.3, 0.4) is 0 Å². The molecule has 190 valence electrons. The molecule has 4 saturated carbocycles. The molecule has 5 rings (SSSR count). The van der Waals surface area contributed by atoms with Gasteiger partial charge in [-0.15, -0.1) is 0 Å². The van der Waals surface area contributed by atoms with Gasteiger partial charge in [-0.2, -0.15) is 0 Å². The molecule has 8 atom stereocenters. The molecule has 0 N–H and O–H groups in total. The van der Waals surface area contributed by atoms with Gasteiger partial charge in [0, 0.05) is 15.2 Å². The van der Waals surface area contributed by atoms with Crippen LogP contribution in [0.15, 0.2) is 30.3 Å². The molecule has 1 aromatic carbocycles. The lowest BCUT2D eigenvalue weighted by Crippen LogP contribution is -2.61. The van der Waals surface area contributed by atoms with Gasteiger partial charge < -0.3 is 0 Å². The lowest BCUT2D eigenvalue weighted by atomic mass is 9.62. The Morgan fingerprint density at radius 1 is 0.735 bits per heavy atom. The summed E-state index contributed by atoms with van der Waals surface area (Å²) < 4.78 is 0. The smallest absolute Gasteiger partial charge is 0.0448 e. The molecular formula is C32H54Si2. The van der Waals surface area contributed by atoms with E-state index in [-0.39, 0.29) is 0 Å². The van der Waals surface area contributed by atoms with Gasteiger partial charge in [-0.05, 0) is 83.3 Å². The van der Waals surface area contributed by atoms with Gasteiger partial charge in [0.15, 0.2) is 0 Å². The Labute approximate surface area is 213 Å². The summed E-state index contributed by atoms with van der Waals surface area (Å²) in [4.78, 5) is 0. The van der Waals surface area contributed by atoms with E-state index < -0.39 is 15.2 Å². The monoisotopic (exact) mass is 494 g/mol. The molecular weight excluding hydrogens is 441 g/mol. The highest BCUT2D eigenvalue weighted by molar-refractivity contribution is 7.41. The van der Waals surface area contributed by atoms with Crippen LogP contribution in [0.25, 0.3) is 0 Å². The van der Waals surface area contributed by atoms with Gasteiger partial charge in [0.2, 0.25) is 0 Å². The quantitative estimate of drug-likeness (QED) is 0.357. The zero-order valence-corrected chi connectivity index (χ0v) is 25.6. The minimum atomic E-state index is -1.29. The number of hydrogen-bond acceptors (Lipinski definition) is 0. The summed E-state index contributed by atoms with van der Waals surface area (Å²) in [5, 5.41) is 0. The van der Waals surface area contributed by atoms with Crippen LogP contribution in [0.2, 0.25) is 37.3 Å². The molecule has 0 bridgehead atoms. The van der Waals surface area contributed by atoms with Crippen LogP contribution in [-0.2, 0) is 0 Å². The lowest BCUT2D eigenvalue weighted by molar-refractivity contribution is 0.121. The SMILES string of the molecule is CC(C)(C)CC1CCC([Si](C)(C)[Si](C)(C)C2CCC3C2CC2CCCC2C3c2ccccc2)C1. The summed E-state index contributed by atoms with van der Waals surface area (Å²) in [5.41, 5.74) is 4.41. The highest BCUT2D eigenvalue weighted by Crippen LogP contribution is 2.65. The number of fused-ring (bicyclic) bond motifs is 2. The molecule has 34 heavy (non-hydrogen) atoms. The van der Waals surface area contributed by atoms with Crippen molar-refractivity contribution in [2.45, 2.75) is 128 Å². The summed E-state index contributed by atoms with van der Waals surface area (Å²) >= 11 is 0. The molecule has 0 amide bonds. The molecule has 0 aliphatic heterocycles. The van der Waals surface area contributed by atoms with Gasteiger partial charge in [0.1, 0.15) is 0 Å². The fourth-order valence-corrected chi connectivity index (χ4v) is 24.3. The molecule has 4 fully saturated rings. The van der Waals surface area contributed by atoms with E-state index in [1.807, 2.05) is 0 Å². The summed E-state index contributed by atoms with van der Waals surface area (Å²) in [7, 11) is -2.55. The van der Waals surface area contributed by atoms with E-state index >= 15 is 0 Å². The first-order chi connectivity index (χ1) is 16.0. The van der Waals surface area contributed by atoms with E-state index in [2.05, 4.69) is 77.3 Å². The molecule has 8 unspecified atom stereocenters. The average Bonchev–Trinajstić information content (AvgIpc) is 3.50. The first kappa shape index (κ1) is 25.3. The molecule has 0 nitrogen and oxygen atoms in total. The molecule has 1 aromatic rings. The Hall–Kier alpha value is -0.346. The van der Waals surface area contributed by atoms with Crippen LogP contribution in [-0.4, -0.2) is 15.2 Å². The van der Waals surface area contributed by atoms with Gasteiger partial charge in [-0.3, -0.25) is 0 Å². The first-order valence-corrected chi connectivity index (χ1v) is 22.2. The lowest BCUT2D eigenvalue weighted by Gasteiger charge is -2.52. The van der Waals surface area contributed by atoms with Crippen molar-refractivity contribution in [3.8, 4) is 0 Å². The Bertz CT molecular complexity index is 834. The molecule has 0 spiro atoms. The van der Waals surface area contributed by atoms with Crippen molar-refractivity contribution in [3.05, 3.63) is 35.9 Å². The second-order valence-electron chi connectivity index (χ2n) is 15.6. The van der Waals surface area contributed by atoms with E-state index in [0.29, 0.717) is 5.41 Å². The summed E-state index contributed by atoms with van der Waals surface area (Å²) in [6, 6.07) is 11.8. The van der Waals surface area contributed by atoms with Crippen LogP contribution in [0.4, 0.5) is 0 Å². The minimum Gasteiger partial charge on any atom is -0.0711 e. The third-order valence-electron chi connectivity index (χ3n) is 12.3. The average molecular weight is 495 g/mol. The molecule has 0 heterocycles. The second kappa shape index (κ2) is 9.19. The fourth-order valence-electron chi connectivity index (χ4n) is 10.2. The van der Waals surface area contributed by atoms with E-state index in [0.717, 1.165) is 46.6 Å². The van der Waals surface area contributed by atoms with E-state index in [1.54, 1.807) is 31.2 Å². The molecule has 0 saturated heterocycles. The van der Waals surface area contributed by atoms with Crippen molar-refractivity contribution < 1.29 is 0 Å². The predicted octanol–water partition coefficient (Wildman–Crippen LogP) is 10.1. The van der Waals surface area contributed by atoms with Crippen LogP contribution < -0.4 is 0 Å². The zero-order valence-electron chi connectivity index (χ0n) is 23.6. The van der Waals surface area contributed by atoms with Crippen molar-refractivity contribution in [1.82, 2.24) is 0 Å². The topological polar surface area (TPSA) is 0 Å². The van der Waals surface area contributed by atoms with Crippen molar-refractivity contribution in [2.24, 2.45) is 35.0 Å². The summed E-state index contributed by atoms with van der Waals surface area (Å²) in [5.74, 6) is 5.93.